The van der Waals surface area contributed by atoms with Gasteiger partial charge in [-0.05, 0) is 38.3 Å². The first-order valence-corrected chi connectivity index (χ1v) is 7.17. The zero-order chi connectivity index (χ0) is 15.0. The Morgan fingerprint density at radius 1 is 1.40 bits per heavy atom. The van der Waals surface area contributed by atoms with Crippen LogP contribution in [-0.2, 0) is 4.79 Å². The first-order chi connectivity index (χ1) is 9.52. The molecular weight excluding hydrogens is 254 g/mol. The van der Waals surface area contributed by atoms with Crippen LogP contribution in [-0.4, -0.2) is 30.3 Å². The van der Waals surface area contributed by atoms with Crippen molar-refractivity contribution in [2.24, 2.45) is 0 Å². The van der Waals surface area contributed by atoms with Crippen LogP contribution in [0.1, 0.15) is 37.3 Å². The van der Waals surface area contributed by atoms with Crippen LogP contribution < -0.4 is 10.1 Å². The molecule has 0 heterocycles. The summed E-state index contributed by atoms with van der Waals surface area (Å²) in [4.78, 5) is 11.6. The summed E-state index contributed by atoms with van der Waals surface area (Å²) >= 11 is 0. The number of ether oxygens (including phenoxy) is 1. The van der Waals surface area contributed by atoms with Gasteiger partial charge in [-0.25, -0.2) is 0 Å². The molecule has 112 valence electrons. The van der Waals surface area contributed by atoms with Crippen molar-refractivity contribution >= 4 is 5.91 Å². The lowest BCUT2D eigenvalue weighted by atomic mass is 10.1. The van der Waals surface area contributed by atoms with E-state index in [1.54, 1.807) is 0 Å². The second-order valence-electron chi connectivity index (χ2n) is 5.07. The van der Waals surface area contributed by atoms with E-state index in [4.69, 9.17) is 4.74 Å². The van der Waals surface area contributed by atoms with Crippen LogP contribution in [0.2, 0.25) is 0 Å². The van der Waals surface area contributed by atoms with Gasteiger partial charge in [0.25, 0.3) is 0 Å². The highest BCUT2D eigenvalue weighted by Gasteiger charge is 2.05. The Kier molecular flexibility index (Phi) is 7.09. The molecule has 0 bridgehead atoms. The van der Waals surface area contributed by atoms with Crippen LogP contribution in [0.4, 0.5) is 0 Å². The minimum Gasteiger partial charge on any atom is -0.493 e. The third kappa shape index (κ3) is 6.06. The highest BCUT2D eigenvalue weighted by Crippen LogP contribution is 2.18. The van der Waals surface area contributed by atoms with E-state index in [2.05, 4.69) is 11.4 Å². The molecule has 0 saturated carbocycles. The molecule has 4 heteroatoms. The van der Waals surface area contributed by atoms with Gasteiger partial charge in [-0.3, -0.25) is 4.79 Å². The summed E-state index contributed by atoms with van der Waals surface area (Å²) in [6.07, 6.45) is 1.31. The molecule has 0 radical (unpaired) electrons. The average Bonchev–Trinajstić information content (AvgIpc) is 2.41. The Morgan fingerprint density at radius 2 is 2.15 bits per heavy atom. The van der Waals surface area contributed by atoms with Crippen LogP contribution >= 0.6 is 0 Å². The molecule has 0 spiro atoms. The largest absolute Gasteiger partial charge is 0.493 e. The number of hydrogen-bond donors (Lipinski definition) is 2. The Hall–Kier alpha value is -1.55. The maximum atomic E-state index is 11.6. The Balaban J connectivity index is 2.21. The summed E-state index contributed by atoms with van der Waals surface area (Å²) in [5.74, 6) is 0.780. The van der Waals surface area contributed by atoms with E-state index in [0.29, 0.717) is 32.4 Å². The normalized spacial score (nSPS) is 12.0. The molecule has 0 fully saturated rings. The van der Waals surface area contributed by atoms with Gasteiger partial charge in [0, 0.05) is 6.54 Å². The second-order valence-corrected chi connectivity index (χ2v) is 5.07. The predicted octanol–water partition coefficient (Wildman–Crippen LogP) is 2.35. The average molecular weight is 279 g/mol. The number of aliphatic hydroxyl groups excluding tert-OH is 1. The van der Waals surface area contributed by atoms with Crippen molar-refractivity contribution < 1.29 is 14.6 Å². The Morgan fingerprint density at radius 3 is 2.80 bits per heavy atom. The number of nitrogens with one attached hydrogen (secondary N) is 1. The molecule has 4 nitrogen and oxygen atoms in total. The van der Waals surface area contributed by atoms with Gasteiger partial charge >= 0.3 is 0 Å². The maximum Gasteiger partial charge on any atom is 0.223 e. The van der Waals surface area contributed by atoms with Gasteiger partial charge in [0.2, 0.25) is 5.91 Å². The molecule has 0 aliphatic rings. The van der Waals surface area contributed by atoms with Crippen molar-refractivity contribution in [2.45, 2.75) is 46.1 Å². The predicted molar refractivity (Wildman–Crippen MR) is 80.0 cm³/mol. The Bertz CT molecular complexity index is 432. The van der Waals surface area contributed by atoms with Crippen molar-refractivity contribution in [3.63, 3.8) is 0 Å². The lowest BCUT2D eigenvalue weighted by molar-refractivity contribution is -0.121. The molecule has 1 aromatic rings. The van der Waals surface area contributed by atoms with Crippen LogP contribution in [0.5, 0.6) is 5.75 Å². The van der Waals surface area contributed by atoms with Crippen LogP contribution in [0.3, 0.4) is 0 Å². The standard InChI is InChI=1S/C16H25NO3/c1-4-14(18)7-9-17-16(19)8-10-20-15-6-5-12(2)11-13(15)3/h5-6,11,14,18H,4,7-10H2,1-3H3,(H,17,19). The lowest BCUT2D eigenvalue weighted by Gasteiger charge is -2.11. The van der Waals surface area contributed by atoms with E-state index in [9.17, 15) is 9.90 Å². The molecule has 1 aromatic carbocycles. The minimum absolute atomic E-state index is 0.0435. The van der Waals surface area contributed by atoms with E-state index in [1.807, 2.05) is 32.9 Å². The van der Waals surface area contributed by atoms with Gasteiger partial charge in [-0.15, -0.1) is 0 Å². The van der Waals surface area contributed by atoms with Crippen molar-refractivity contribution in [1.82, 2.24) is 5.32 Å². The van der Waals surface area contributed by atoms with Gasteiger partial charge < -0.3 is 15.2 Å². The smallest absolute Gasteiger partial charge is 0.223 e. The second kappa shape index (κ2) is 8.59. The quantitative estimate of drug-likeness (QED) is 0.768. The van der Waals surface area contributed by atoms with E-state index >= 15 is 0 Å². The number of aryl methyl sites for hydroxylation is 2. The third-order valence-corrected chi connectivity index (χ3v) is 3.19. The molecule has 0 aromatic heterocycles. The molecule has 1 atom stereocenters. The van der Waals surface area contributed by atoms with Crippen molar-refractivity contribution in [1.29, 1.82) is 0 Å². The number of hydrogen-bond acceptors (Lipinski definition) is 3. The highest BCUT2D eigenvalue weighted by atomic mass is 16.5. The van der Waals surface area contributed by atoms with E-state index < -0.39 is 0 Å². The zero-order valence-corrected chi connectivity index (χ0v) is 12.6. The number of carbonyl (C=O) groups is 1. The fraction of sp³-hybridized carbons (Fsp3) is 0.562. The van der Waals surface area contributed by atoms with Crippen molar-refractivity contribution in [2.75, 3.05) is 13.2 Å². The summed E-state index contributed by atoms with van der Waals surface area (Å²) in [5.41, 5.74) is 2.28. The molecule has 20 heavy (non-hydrogen) atoms. The van der Waals surface area contributed by atoms with E-state index in [0.717, 1.165) is 11.3 Å². The minimum atomic E-state index is -0.332. The summed E-state index contributed by atoms with van der Waals surface area (Å²) in [6, 6.07) is 5.98. The van der Waals surface area contributed by atoms with Gasteiger partial charge in [0.15, 0.2) is 0 Å². The van der Waals surface area contributed by atoms with Gasteiger partial charge in [0.1, 0.15) is 5.75 Å². The Labute approximate surface area is 121 Å². The number of amides is 1. The molecule has 0 aliphatic heterocycles. The van der Waals surface area contributed by atoms with Crippen LogP contribution in [0, 0.1) is 13.8 Å². The fourth-order valence-electron chi connectivity index (χ4n) is 1.89. The number of rotatable bonds is 8. The molecule has 1 amide bonds. The summed E-state index contributed by atoms with van der Waals surface area (Å²) in [6.45, 7) is 6.83. The zero-order valence-electron chi connectivity index (χ0n) is 12.6. The number of aliphatic hydroxyl groups is 1. The maximum absolute atomic E-state index is 11.6. The van der Waals surface area contributed by atoms with Gasteiger partial charge in [-0.1, -0.05) is 24.6 Å². The summed E-state index contributed by atoms with van der Waals surface area (Å²) in [5, 5.41) is 12.2. The number of carbonyl (C=O) groups excluding carboxylic acids is 1. The lowest BCUT2D eigenvalue weighted by Crippen LogP contribution is -2.28. The van der Waals surface area contributed by atoms with Crippen LogP contribution in [0.25, 0.3) is 0 Å². The van der Waals surface area contributed by atoms with Gasteiger partial charge in [0.05, 0.1) is 19.1 Å². The first-order valence-electron chi connectivity index (χ1n) is 7.17. The monoisotopic (exact) mass is 279 g/mol. The molecule has 1 unspecified atom stereocenters. The van der Waals surface area contributed by atoms with Crippen molar-refractivity contribution in [3.05, 3.63) is 29.3 Å². The third-order valence-electron chi connectivity index (χ3n) is 3.19. The van der Waals surface area contributed by atoms with Crippen LogP contribution in [0.15, 0.2) is 18.2 Å². The van der Waals surface area contributed by atoms with E-state index in [-0.39, 0.29) is 12.0 Å². The highest BCUT2D eigenvalue weighted by molar-refractivity contribution is 5.75. The molecular formula is C16H25NO3. The first kappa shape index (κ1) is 16.5. The SMILES string of the molecule is CCC(O)CCNC(=O)CCOc1ccc(C)cc1C. The molecule has 0 saturated heterocycles. The molecule has 2 N–H and O–H groups in total. The fourth-order valence-corrected chi connectivity index (χ4v) is 1.89. The van der Waals surface area contributed by atoms with Crippen molar-refractivity contribution in [3.8, 4) is 5.75 Å². The molecule has 1 rings (SSSR count). The molecule has 0 aliphatic carbocycles. The van der Waals surface area contributed by atoms with E-state index in [1.165, 1.54) is 5.56 Å². The topological polar surface area (TPSA) is 58.6 Å². The number of benzene rings is 1. The van der Waals surface area contributed by atoms with Gasteiger partial charge in [-0.2, -0.15) is 0 Å². The summed E-state index contributed by atoms with van der Waals surface area (Å²) in [7, 11) is 0. The summed E-state index contributed by atoms with van der Waals surface area (Å²) < 4.78 is 5.60.